The minimum atomic E-state index is 1.00. The summed E-state index contributed by atoms with van der Waals surface area (Å²) in [7, 11) is 0. The van der Waals surface area contributed by atoms with E-state index in [9.17, 15) is 0 Å². The van der Waals surface area contributed by atoms with E-state index in [0.717, 1.165) is 39.3 Å². The second-order valence-electron chi connectivity index (χ2n) is 3.31. The van der Waals surface area contributed by atoms with Gasteiger partial charge in [-0.3, -0.25) is 4.90 Å². The lowest BCUT2D eigenvalue weighted by atomic mass is 10.3. The van der Waals surface area contributed by atoms with Crippen molar-refractivity contribution in [1.82, 2.24) is 19.8 Å². The van der Waals surface area contributed by atoms with Crippen molar-refractivity contribution in [3.63, 3.8) is 0 Å². The Morgan fingerprint density at radius 1 is 1.15 bits per heavy atom. The average Bonchev–Trinajstić information content (AvgIpc) is 2.69. The molecule has 0 atom stereocenters. The van der Waals surface area contributed by atoms with E-state index in [2.05, 4.69) is 19.8 Å². The van der Waals surface area contributed by atoms with Crippen LogP contribution in [0.3, 0.4) is 0 Å². The van der Waals surface area contributed by atoms with Gasteiger partial charge in [0.25, 0.3) is 0 Å². The summed E-state index contributed by atoms with van der Waals surface area (Å²) in [4.78, 5) is 6.46. The predicted octanol–water partition coefficient (Wildman–Crippen LogP) is -0.197. The van der Waals surface area contributed by atoms with Crippen LogP contribution in [0.15, 0.2) is 18.7 Å². The molecule has 1 aromatic rings. The van der Waals surface area contributed by atoms with Crippen LogP contribution in [0.1, 0.15) is 0 Å². The van der Waals surface area contributed by atoms with Crippen LogP contribution in [-0.4, -0.2) is 47.2 Å². The maximum Gasteiger partial charge on any atom is 0.0946 e. The summed E-state index contributed by atoms with van der Waals surface area (Å²) >= 11 is 0. The molecule has 1 saturated heterocycles. The zero-order valence-corrected chi connectivity index (χ0v) is 7.76. The van der Waals surface area contributed by atoms with Gasteiger partial charge in [-0.25, -0.2) is 10.3 Å². The lowest BCUT2D eigenvalue weighted by molar-refractivity contribution is 0.230. The van der Waals surface area contributed by atoms with Crippen LogP contribution in [0.4, 0.5) is 0 Å². The Labute approximate surface area is 78.6 Å². The number of piperazine rings is 1. The van der Waals surface area contributed by atoms with Gasteiger partial charge in [-0.05, 0) is 0 Å². The van der Waals surface area contributed by atoms with Gasteiger partial charge in [-0.1, -0.05) is 0 Å². The van der Waals surface area contributed by atoms with E-state index in [0.29, 0.717) is 0 Å². The first kappa shape index (κ1) is 8.72. The first-order chi connectivity index (χ1) is 6.45. The van der Waals surface area contributed by atoms with E-state index < -0.39 is 0 Å². The van der Waals surface area contributed by atoms with Gasteiger partial charge in [0, 0.05) is 51.7 Å². The zero-order chi connectivity index (χ0) is 8.93. The molecule has 1 aromatic heterocycles. The van der Waals surface area contributed by atoms with Crippen molar-refractivity contribution in [2.75, 3.05) is 32.7 Å². The summed E-state index contributed by atoms with van der Waals surface area (Å²) in [6.07, 6.45) is 5.70. The molecule has 1 aliphatic rings. The molecule has 0 unspecified atom stereocenters. The summed E-state index contributed by atoms with van der Waals surface area (Å²) in [5.74, 6) is 0. The lowest BCUT2D eigenvalue weighted by Gasteiger charge is -2.26. The Morgan fingerprint density at radius 3 is 2.69 bits per heavy atom. The molecule has 2 heterocycles. The first-order valence-electron chi connectivity index (χ1n) is 4.76. The third kappa shape index (κ3) is 2.54. The normalized spacial score (nSPS) is 19.1. The summed E-state index contributed by atoms with van der Waals surface area (Å²) in [5, 5.41) is 4.31. The summed E-state index contributed by atoms with van der Waals surface area (Å²) < 4.78 is 2.12. The number of imidazole rings is 1. The van der Waals surface area contributed by atoms with Crippen LogP contribution < -0.4 is 5.32 Å². The molecule has 1 radical (unpaired) electrons. The molecular formula is C9H15N4. The van der Waals surface area contributed by atoms with E-state index in [1.807, 2.05) is 18.7 Å². The molecule has 0 amide bonds. The van der Waals surface area contributed by atoms with Crippen LogP contribution in [-0.2, 0) is 6.54 Å². The van der Waals surface area contributed by atoms with Gasteiger partial charge >= 0.3 is 0 Å². The Morgan fingerprint density at radius 2 is 2.00 bits per heavy atom. The smallest absolute Gasteiger partial charge is 0.0946 e. The minimum absolute atomic E-state index is 1.00. The fourth-order valence-electron chi connectivity index (χ4n) is 1.55. The maximum atomic E-state index is 4.31. The molecule has 2 rings (SSSR count). The van der Waals surface area contributed by atoms with Crippen LogP contribution in [0.5, 0.6) is 0 Å². The van der Waals surface area contributed by atoms with Gasteiger partial charge in [0.2, 0.25) is 0 Å². The second-order valence-corrected chi connectivity index (χ2v) is 3.31. The lowest BCUT2D eigenvalue weighted by Crippen LogP contribution is -2.41. The van der Waals surface area contributed by atoms with E-state index in [1.54, 1.807) is 0 Å². The average molecular weight is 179 g/mol. The Kier molecular flexibility index (Phi) is 2.94. The van der Waals surface area contributed by atoms with Crippen molar-refractivity contribution >= 4 is 0 Å². The molecule has 4 nitrogen and oxygen atoms in total. The van der Waals surface area contributed by atoms with Crippen molar-refractivity contribution in [2.45, 2.75) is 6.54 Å². The van der Waals surface area contributed by atoms with Gasteiger partial charge in [0.05, 0.1) is 6.33 Å². The number of nitrogens with zero attached hydrogens (tertiary/aromatic N) is 4. The van der Waals surface area contributed by atoms with Gasteiger partial charge in [-0.15, -0.1) is 0 Å². The quantitative estimate of drug-likeness (QED) is 0.644. The van der Waals surface area contributed by atoms with Crippen molar-refractivity contribution in [3.05, 3.63) is 18.7 Å². The maximum absolute atomic E-state index is 4.31. The highest BCUT2D eigenvalue weighted by molar-refractivity contribution is 4.75. The molecule has 13 heavy (non-hydrogen) atoms. The molecular weight excluding hydrogens is 164 g/mol. The standard InChI is InChI=1S/C9H15N4/c1-4-12(5-2-10-1)7-8-13-6-3-11-9-13/h3,6,9H,1-2,4-5,7-8H2. The second kappa shape index (κ2) is 4.39. The highest BCUT2D eigenvalue weighted by Gasteiger charge is 2.09. The fourth-order valence-corrected chi connectivity index (χ4v) is 1.55. The summed E-state index contributed by atoms with van der Waals surface area (Å²) in [6.45, 7) is 6.41. The Hall–Kier alpha value is -0.870. The minimum Gasteiger partial charge on any atom is -0.336 e. The van der Waals surface area contributed by atoms with Crippen LogP contribution in [0.25, 0.3) is 0 Å². The summed E-state index contributed by atoms with van der Waals surface area (Å²) in [5.41, 5.74) is 0. The first-order valence-corrected chi connectivity index (χ1v) is 4.76. The van der Waals surface area contributed by atoms with Gasteiger partial charge < -0.3 is 4.57 Å². The number of hydrogen-bond donors (Lipinski definition) is 0. The van der Waals surface area contributed by atoms with Crippen molar-refractivity contribution in [1.29, 1.82) is 0 Å². The largest absolute Gasteiger partial charge is 0.336 e. The van der Waals surface area contributed by atoms with Crippen LogP contribution in [0, 0.1) is 0 Å². The molecule has 4 heteroatoms. The summed E-state index contributed by atoms with van der Waals surface area (Å²) in [6, 6.07) is 0. The van der Waals surface area contributed by atoms with E-state index in [4.69, 9.17) is 0 Å². The topological polar surface area (TPSA) is 35.2 Å². The van der Waals surface area contributed by atoms with Crippen molar-refractivity contribution in [2.24, 2.45) is 0 Å². The Balaban J connectivity index is 1.72. The highest BCUT2D eigenvalue weighted by Crippen LogP contribution is 1.94. The monoisotopic (exact) mass is 179 g/mol. The number of aromatic nitrogens is 2. The van der Waals surface area contributed by atoms with E-state index >= 15 is 0 Å². The third-order valence-corrected chi connectivity index (χ3v) is 2.38. The molecule has 0 N–H and O–H groups in total. The van der Waals surface area contributed by atoms with Crippen LogP contribution in [0.2, 0.25) is 0 Å². The van der Waals surface area contributed by atoms with Gasteiger partial charge in [0.1, 0.15) is 0 Å². The van der Waals surface area contributed by atoms with Gasteiger partial charge in [-0.2, -0.15) is 0 Å². The SMILES string of the molecule is c1cn(CCN2CC[N]CC2)cn1. The third-order valence-electron chi connectivity index (χ3n) is 2.38. The van der Waals surface area contributed by atoms with E-state index in [-0.39, 0.29) is 0 Å². The highest BCUT2D eigenvalue weighted by atomic mass is 15.2. The molecule has 0 saturated carbocycles. The van der Waals surface area contributed by atoms with Crippen LogP contribution >= 0.6 is 0 Å². The molecule has 0 aromatic carbocycles. The molecule has 0 aliphatic carbocycles. The number of hydrogen-bond acceptors (Lipinski definition) is 2. The Bertz CT molecular complexity index is 226. The molecule has 1 fully saturated rings. The molecule has 0 spiro atoms. The molecule has 0 bridgehead atoms. The number of rotatable bonds is 3. The molecule has 71 valence electrons. The van der Waals surface area contributed by atoms with Crippen molar-refractivity contribution in [3.8, 4) is 0 Å². The van der Waals surface area contributed by atoms with Crippen molar-refractivity contribution < 1.29 is 0 Å². The molecule has 1 aliphatic heterocycles. The van der Waals surface area contributed by atoms with Gasteiger partial charge in [0.15, 0.2) is 0 Å². The zero-order valence-electron chi connectivity index (χ0n) is 7.76. The van der Waals surface area contributed by atoms with E-state index in [1.165, 1.54) is 0 Å². The fraction of sp³-hybridized carbons (Fsp3) is 0.667. The predicted molar refractivity (Wildman–Crippen MR) is 50.5 cm³/mol.